The van der Waals surface area contributed by atoms with Crippen molar-refractivity contribution < 1.29 is 24.2 Å². The highest BCUT2D eigenvalue weighted by Gasteiger charge is 2.12. The highest BCUT2D eigenvalue weighted by molar-refractivity contribution is 5.96. The molecule has 0 bridgehead atoms. The number of ether oxygens (including phenoxy) is 2. The number of hydrogen-bond donors (Lipinski definition) is 2. The summed E-state index contributed by atoms with van der Waals surface area (Å²) in [6, 6.07) is 9.80. The van der Waals surface area contributed by atoms with Crippen molar-refractivity contribution in [1.29, 1.82) is 0 Å². The predicted molar refractivity (Wildman–Crippen MR) is 90.0 cm³/mol. The molecule has 2 aromatic rings. The Bertz CT molecular complexity index is 770. The van der Waals surface area contributed by atoms with Gasteiger partial charge in [0.05, 0.1) is 18.4 Å². The SMILES string of the molecule is COc1ccc(C(=O)O)cc1NC(=O)COc1ccc(C)c(C)c1. The van der Waals surface area contributed by atoms with E-state index in [1.807, 2.05) is 26.0 Å². The lowest BCUT2D eigenvalue weighted by atomic mass is 10.1. The van der Waals surface area contributed by atoms with Crippen LogP contribution in [0, 0.1) is 13.8 Å². The molecule has 1 amide bonds. The Morgan fingerprint density at radius 3 is 2.46 bits per heavy atom. The smallest absolute Gasteiger partial charge is 0.335 e. The Morgan fingerprint density at radius 1 is 1.08 bits per heavy atom. The number of carboxylic acids is 1. The largest absolute Gasteiger partial charge is 0.495 e. The fourth-order valence-electron chi connectivity index (χ4n) is 2.08. The molecule has 0 fully saturated rings. The molecule has 6 nitrogen and oxygen atoms in total. The van der Waals surface area contributed by atoms with Crippen LogP contribution in [0.15, 0.2) is 36.4 Å². The van der Waals surface area contributed by atoms with Gasteiger partial charge in [-0.15, -0.1) is 0 Å². The van der Waals surface area contributed by atoms with Crippen LogP contribution in [-0.4, -0.2) is 30.7 Å². The highest BCUT2D eigenvalue weighted by atomic mass is 16.5. The second-order valence-corrected chi connectivity index (χ2v) is 5.30. The molecular formula is C18H19NO5. The standard InChI is InChI=1S/C18H19NO5/c1-11-4-6-14(8-12(11)2)24-10-17(20)19-15-9-13(18(21)22)5-7-16(15)23-3/h4-9H,10H2,1-3H3,(H,19,20)(H,21,22). The zero-order chi connectivity index (χ0) is 17.7. The van der Waals surface area contributed by atoms with Crippen molar-refractivity contribution in [3.05, 3.63) is 53.1 Å². The molecule has 0 aliphatic heterocycles. The molecule has 2 aromatic carbocycles. The van der Waals surface area contributed by atoms with E-state index < -0.39 is 11.9 Å². The van der Waals surface area contributed by atoms with E-state index in [1.54, 1.807) is 6.07 Å². The minimum Gasteiger partial charge on any atom is -0.495 e. The molecule has 0 heterocycles. The van der Waals surface area contributed by atoms with Gasteiger partial charge >= 0.3 is 5.97 Å². The molecule has 0 saturated carbocycles. The number of amides is 1. The lowest BCUT2D eigenvalue weighted by Gasteiger charge is -2.12. The lowest BCUT2D eigenvalue weighted by molar-refractivity contribution is -0.118. The second kappa shape index (κ2) is 7.50. The number of nitrogens with one attached hydrogen (secondary N) is 1. The molecule has 0 spiro atoms. The van der Waals surface area contributed by atoms with E-state index in [9.17, 15) is 9.59 Å². The molecule has 0 atom stereocenters. The number of anilines is 1. The number of methoxy groups -OCH3 is 1. The average molecular weight is 329 g/mol. The number of aromatic carboxylic acids is 1. The number of carbonyl (C=O) groups excluding carboxylic acids is 1. The predicted octanol–water partition coefficient (Wildman–Crippen LogP) is 3.03. The Morgan fingerprint density at radius 2 is 1.83 bits per heavy atom. The van der Waals surface area contributed by atoms with Crippen LogP contribution < -0.4 is 14.8 Å². The molecule has 0 aliphatic rings. The first kappa shape index (κ1) is 17.3. The van der Waals surface area contributed by atoms with Gasteiger partial charge in [0.25, 0.3) is 5.91 Å². The molecule has 2 rings (SSSR count). The number of hydrogen-bond acceptors (Lipinski definition) is 4. The van der Waals surface area contributed by atoms with Crippen LogP contribution in [0.1, 0.15) is 21.5 Å². The molecule has 126 valence electrons. The van der Waals surface area contributed by atoms with Crippen molar-refractivity contribution in [2.45, 2.75) is 13.8 Å². The van der Waals surface area contributed by atoms with Gasteiger partial charge < -0.3 is 19.9 Å². The molecule has 6 heteroatoms. The first-order valence-electron chi connectivity index (χ1n) is 7.32. The minimum atomic E-state index is -1.08. The van der Waals surface area contributed by atoms with Crippen LogP contribution in [-0.2, 0) is 4.79 Å². The first-order valence-corrected chi connectivity index (χ1v) is 7.32. The third-order valence-electron chi connectivity index (χ3n) is 3.57. The number of carbonyl (C=O) groups is 2. The topological polar surface area (TPSA) is 84.9 Å². The maximum atomic E-state index is 12.0. The summed E-state index contributed by atoms with van der Waals surface area (Å²) in [5, 5.41) is 11.6. The molecule has 0 aliphatic carbocycles. The monoisotopic (exact) mass is 329 g/mol. The van der Waals surface area contributed by atoms with Gasteiger partial charge in [0.1, 0.15) is 11.5 Å². The number of carboxylic acid groups (broad SMARTS) is 1. The zero-order valence-corrected chi connectivity index (χ0v) is 13.8. The van der Waals surface area contributed by atoms with Crippen LogP contribution in [0.2, 0.25) is 0 Å². The average Bonchev–Trinajstić information content (AvgIpc) is 2.55. The van der Waals surface area contributed by atoms with Crippen molar-refractivity contribution >= 4 is 17.6 Å². The second-order valence-electron chi connectivity index (χ2n) is 5.30. The van der Waals surface area contributed by atoms with E-state index in [-0.39, 0.29) is 17.9 Å². The molecule has 2 N–H and O–H groups in total. The number of benzene rings is 2. The summed E-state index contributed by atoms with van der Waals surface area (Å²) in [5.74, 6) is -0.521. The summed E-state index contributed by atoms with van der Waals surface area (Å²) in [6.45, 7) is 3.76. The Kier molecular flexibility index (Phi) is 5.42. The van der Waals surface area contributed by atoms with Crippen LogP contribution in [0.4, 0.5) is 5.69 Å². The lowest BCUT2D eigenvalue weighted by Crippen LogP contribution is -2.20. The van der Waals surface area contributed by atoms with Crippen LogP contribution in [0.5, 0.6) is 11.5 Å². The molecule has 0 aromatic heterocycles. The maximum Gasteiger partial charge on any atom is 0.335 e. The number of aryl methyl sites for hydroxylation is 2. The molecular weight excluding hydrogens is 310 g/mol. The summed E-state index contributed by atoms with van der Waals surface area (Å²) in [7, 11) is 1.44. The van der Waals surface area contributed by atoms with E-state index >= 15 is 0 Å². The number of rotatable bonds is 6. The fourth-order valence-corrected chi connectivity index (χ4v) is 2.08. The summed E-state index contributed by atoms with van der Waals surface area (Å²) >= 11 is 0. The van der Waals surface area contributed by atoms with Crippen LogP contribution >= 0.6 is 0 Å². The van der Waals surface area contributed by atoms with Gasteiger partial charge in [-0.05, 0) is 55.3 Å². The summed E-state index contributed by atoms with van der Waals surface area (Å²) < 4.78 is 10.6. The molecule has 0 unspecified atom stereocenters. The zero-order valence-electron chi connectivity index (χ0n) is 13.8. The van der Waals surface area contributed by atoms with Gasteiger partial charge in [0.2, 0.25) is 0 Å². The van der Waals surface area contributed by atoms with E-state index in [1.165, 1.54) is 25.3 Å². The molecule has 0 radical (unpaired) electrons. The summed E-state index contributed by atoms with van der Waals surface area (Å²) in [4.78, 5) is 23.1. The summed E-state index contributed by atoms with van der Waals surface area (Å²) in [5.41, 5.74) is 2.55. The van der Waals surface area contributed by atoms with Crippen molar-refractivity contribution in [1.82, 2.24) is 0 Å². The van der Waals surface area contributed by atoms with Gasteiger partial charge in [0, 0.05) is 0 Å². The highest BCUT2D eigenvalue weighted by Crippen LogP contribution is 2.25. The third kappa shape index (κ3) is 4.25. The van der Waals surface area contributed by atoms with Crippen molar-refractivity contribution in [3.63, 3.8) is 0 Å². The van der Waals surface area contributed by atoms with Gasteiger partial charge in [-0.2, -0.15) is 0 Å². The van der Waals surface area contributed by atoms with Gasteiger partial charge in [-0.1, -0.05) is 6.07 Å². The Labute approximate surface area is 140 Å². The first-order chi connectivity index (χ1) is 11.4. The maximum absolute atomic E-state index is 12.0. The van der Waals surface area contributed by atoms with E-state index in [2.05, 4.69) is 5.32 Å². The van der Waals surface area contributed by atoms with Gasteiger partial charge in [0.15, 0.2) is 6.61 Å². The van der Waals surface area contributed by atoms with Crippen molar-refractivity contribution in [2.24, 2.45) is 0 Å². The van der Waals surface area contributed by atoms with Gasteiger partial charge in [-0.25, -0.2) is 4.79 Å². The Hall–Kier alpha value is -3.02. The van der Waals surface area contributed by atoms with Crippen molar-refractivity contribution in [3.8, 4) is 11.5 Å². The normalized spacial score (nSPS) is 10.1. The van der Waals surface area contributed by atoms with E-state index in [0.29, 0.717) is 11.5 Å². The van der Waals surface area contributed by atoms with Gasteiger partial charge in [-0.3, -0.25) is 4.79 Å². The van der Waals surface area contributed by atoms with Crippen LogP contribution in [0.3, 0.4) is 0 Å². The van der Waals surface area contributed by atoms with E-state index in [4.69, 9.17) is 14.6 Å². The van der Waals surface area contributed by atoms with E-state index in [0.717, 1.165) is 11.1 Å². The fraction of sp³-hybridized carbons (Fsp3) is 0.222. The Balaban J connectivity index is 2.04. The minimum absolute atomic E-state index is 0.0566. The summed E-state index contributed by atoms with van der Waals surface area (Å²) in [6.07, 6.45) is 0. The van der Waals surface area contributed by atoms with Crippen molar-refractivity contribution in [2.75, 3.05) is 19.0 Å². The molecule has 0 saturated heterocycles. The van der Waals surface area contributed by atoms with Crippen LogP contribution in [0.25, 0.3) is 0 Å². The third-order valence-corrected chi connectivity index (χ3v) is 3.57. The quantitative estimate of drug-likeness (QED) is 0.851. The molecule has 24 heavy (non-hydrogen) atoms.